The van der Waals surface area contributed by atoms with Gasteiger partial charge in [0.2, 0.25) is 5.78 Å². The van der Waals surface area contributed by atoms with Crippen molar-refractivity contribution in [2.24, 2.45) is 0 Å². The molecule has 0 unspecified atom stereocenters. The molecule has 1 aromatic carbocycles. The summed E-state index contributed by atoms with van der Waals surface area (Å²) in [5.74, 6) is -1.42. The first-order valence-corrected chi connectivity index (χ1v) is 7.95. The summed E-state index contributed by atoms with van der Waals surface area (Å²) in [6.45, 7) is 5.86. The fourth-order valence-electron chi connectivity index (χ4n) is 2.34. The van der Waals surface area contributed by atoms with Crippen LogP contribution in [0.4, 0.5) is 0 Å². The predicted octanol–water partition coefficient (Wildman–Crippen LogP) is 2.52. The Bertz CT molecular complexity index is 769. The smallest absolute Gasteiger partial charge is 0.289 e. The zero-order valence-electron chi connectivity index (χ0n) is 12.0. The zero-order valence-corrected chi connectivity index (χ0v) is 12.8. The van der Waals surface area contributed by atoms with E-state index in [0.717, 1.165) is 6.42 Å². The van der Waals surface area contributed by atoms with Crippen LogP contribution >= 0.6 is 0 Å². The lowest BCUT2D eigenvalue weighted by molar-refractivity contribution is 0.0987. The van der Waals surface area contributed by atoms with Gasteiger partial charge in [-0.2, -0.15) is 8.42 Å². The lowest BCUT2D eigenvalue weighted by Crippen LogP contribution is -2.27. The van der Waals surface area contributed by atoms with Crippen LogP contribution in [0.3, 0.4) is 0 Å². The number of allylic oxidation sites excluding steroid dienone is 2. The first-order chi connectivity index (χ1) is 9.59. The molecule has 1 aliphatic carbocycles. The van der Waals surface area contributed by atoms with Gasteiger partial charge in [0.1, 0.15) is 4.91 Å². The van der Waals surface area contributed by atoms with E-state index in [4.69, 9.17) is 4.55 Å². The second-order valence-corrected chi connectivity index (χ2v) is 7.03. The second kappa shape index (κ2) is 4.89. The van der Waals surface area contributed by atoms with Gasteiger partial charge < -0.3 is 0 Å². The molecule has 112 valence electrons. The Balaban J connectivity index is 2.75. The average Bonchev–Trinajstić information content (AvgIpc) is 2.40. The Labute approximate surface area is 123 Å². The van der Waals surface area contributed by atoms with Crippen molar-refractivity contribution in [3.8, 4) is 0 Å². The summed E-state index contributed by atoms with van der Waals surface area (Å²) < 4.78 is 31.5. The topological polar surface area (TPSA) is 88.5 Å². The number of carbonyl (C=O) groups is 2. The maximum absolute atomic E-state index is 12.3. The van der Waals surface area contributed by atoms with Crippen molar-refractivity contribution >= 4 is 21.7 Å². The van der Waals surface area contributed by atoms with Gasteiger partial charge in [0.25, 0.3) is 10.1 Å². The molecule has 1 aromatic rings. The van der Waals surface area contributed by atoms with Crippen LogP contribution in [0.1, 0.15) is 53.5 Å². The van der Waals surface area contributed by atoms with Gasteiger partial charge in [0.05, 0.1) is 0 Å². The highest BCUT2D eigenvalue weighted by atomic mass is 32.2. The van der Waals surface area contributed by atoms with Crippen molar-refractivity contribution in [2.45, 2.75) is 32.6 Å². The summed E-state index contributed by atoms with van der Waals surface area (Å²) >= 11 is 0. The van der Waals surface area contributed by atoms with E-state index in [0.29, 0.717) is 11.6 Å². The molecule has 0 aromatic heterocycles. The van der Waals surface area contributed by atoms with Crippen LogP contribution in [0.15, 0.2) is 29.2 Å². The Morgan fingerprint density at radius 1 is 1.19 bits per heavy atom. The molecule has 0 saturated heterocycles. The van der Waals surface area contributed by atoms with Gasteiger partial charge in [0, 0.05) is 17.2 Å². The average molecular weight is 308 g/mol. The number of hydrogen-bond acceptors (Lipinski definition) is 4. The Hall–Kier alpha value is -1.79. The van der Waals surface area contributed by atoms with Crippen molar-refractivity contribution in [1.82, 2.24) is 0 Å². The highest BCUT2D eigenvalue weighted by molar-refractivity contribution is 7.91. The monoisotopic (exact) mass is 308 g/mol. The van der Waals surface area contributed by atoms with Gasteiger partial charge in [-0.05, 0) is 17.4 Å². The molecule has 5 nitrogen and oxygen atoms in total. The van der Waals surface area contributed by atoms with Crippen molar-refractivity contribution in [1.29, 1.82) is 0 Å². The molecular formula is C15H16O5S. The van der Waals surface area contributed by atoms with Gasteiger partial charge in [-0.3, -0.25) is 14.1 Å². The summed E-state index contributed by atoms with van der Waals surface area (Å²) in [6.07, 6.45) is 1.45. The van der Waals surface area contributed by atoms with Crippen molar-refractivity contribution in [3.63, 3.8) is 0 Å². The van der Waals surface area contributed by atoms with Gasteiger partial charge in [-0.25, -0.2) is 0 Å². The van der Waals surface area contributed by atoms with E-state index >= 15 is 0 Å². The van der Waals surface area contributed by atoms with E-state index in [1.54, 1.807) is 12.1 Å². The Kier molecular flexibility index (Phi) is 3.63. The largest absolute Gasteiger partial charge is 0.298 e. The number of rotatable bonds is 3. The van der Waals surface area contributed by atoms with Crippen molar-refractivity contribution in [2.75, 3.05) is 0 Å². The van der Waals surface area contributed by atoms with E-state index in [-0.39, 0.29) is 16.5 Å². The van der Waals surface area contributed by atoms with E-state index in [2.05, 4.69) is 0 Å². The summed E-state index contributed by atoms with van der Waals surface area (Å²) in [5.41, 5.74) is 0.618. The maximum atomic E-state index is 12.3. The zero-order chi connectivity index (χ0) is 16.0. The minimum absolute atomic E-state index is 0.0224. The standard InChI is InChI=1S/C15H16O5S/c1-4-15(2,3)10-7-5-6-9-13(10)11(16)8-12(14(9)17)21(18,19)20/h5-8H,4H2,1-3H3,(H,18,19,20). The highest BCUT2D eigenvalue weighted by Crippen LogP contribution is 2.35. The summed E-state index contributed by atoms with van der Waals surface area (Å²) in [4.78, 5) is 23.6. The van der Waals surface area contributed by atoms with E-state index in [1.807, 2.05) is 20.8 Å². The fourth-order valence-corrected chi connectivity index (χ4v) is 2.94. The molecule has 0 radical (unpaired) electrons. The third kappa shape index (κ3) is 2.56. The molecule has 0 bridgehead atoms. The number of fused-ring (bicyclic) bond motifs is 1. The van der Waals surface area contributed by atoms with Crippen LogP contribution in [0.2, 0.25) is 0 Å². The molecule has 21 heavy (non-hydrogen) atoms. The minimum Gasteiger partial charge on any atom is -0.289 e. The fraction of sp³-hybridized carbons (Fsp3) is 0.333. The van der Waals surface area contributed by atoms with Crippen LogP contribution in [0.25, 0.3) is 0 Å². The summed E-state index contributed by atoms with van der Waals surface area (Å²) in [5, 5.41) is 0. The quantitative estimate of drug-likeness (QED) is 0.867. The molecule has 1 aliphatic rings. The lowest BCUT2D eigenvalue weighted by Gasteiger charge is -2.28. The molecule has 0 aliphatic heterocycles. The van der Waals surface area contributed by atoms with Crippen LogP contribution in [0, 0.1) is 0 Å². The SMILES string of the molecule is CCC(C)(C)c1cccc2c1C(=O)C=C(S(=O)(=O)O)C2=O. The third-order valence-electron chi connectivity index (χ3n) is 3.93. The minimum atomic E-state index is -4.71. The molecule has 1 N–H and O–H groups in total. The number of hydrogen-bond donors (Lipinski definition) is 1. The molecule has 0 atom stereocenters. The van der Waals surface area contributed by atoms with Gasteiger partial charge in [-0.15, -0.1) is 0 Å². The molecule has 2 rings (SSSR count). The summed E-state index contributed by atoms with van der Waals surface area (Å²) in [6, 6.07) is 4.78. The van der Waals surface area contributed by atoms with Crippen LogP contribution < -0.4 is 0 Å². The molecule has 0 spiro atoms. The molecular weight excluding hydrogens is 292 g/mol. The Morgan fingerprint density at radius 3 is 2.33 bits per heavy atom. The lowest BCUT2D eigenvalue weighted by atomic mass is 9.76. The normalized spacial score (nSPS) is 15.7. The number of Topliss-reactive ketones (excluding diaryl/α,β-unsaturated/α-hetero) is 1. The molecule has 0 heterocycles. The first-order valence-electron chi connectivity index (χ1n) is 6.51. The molecule has 6 heteroatoms. The molecule has 0 amide bonds. The van der Waals surface area contributed by atoms with Crippen LogP contribution in [0.5, 0.6) is 0 Å². The third-order valence-corrected chi connectivity index (χ3v) is 4.79. The van der Waals surface area contributed by atoms with Gasteiger partial charge >= 0.3 is 0 Å². The number of benzene rings is 1. The van der Waals surface area contributed by atoms with Gasteiger partial charge in [-0.1, -0.05) is 39.0 Å². The van der Waals surface area contributed by atoms with Crippen LogP contribution in [-0.4, -0.2) is 24.5 Å². The molecule has 0 saturated carbocycles. The maximum Gasteiger partial charge on any atom is 0.298 e. The van der Waals surface area contributed by atoms with Crippen LogP contribution in [-0.2, 0) is 15.5 Å². The highest BCUT2D eigenvalue weighted by Gasteiger charge is 2.36. The number of carbonyl (C=O) groups excluding carboxylic acids is 2. The van der Waals surface area contributed by atoms with Crippen molar-refractivity contribution in [3.05, 3.63) is 45.9 Å². The Morgan fingerprint density at radius 2 is 1.81 bits per heavy atom. The summed E-state index contributed by atoms with van der Waals surface area (Å²) in [7, 11) is -4.71. The van der Waals surface area contributed by atoms with Crippen molar-refractivity contribution < 1.29 is 22.6 Å². The number of ketones is 2. The second-order valence-electron chi connectivity index (χ2n) is 5.64. The van der Waals surface area contributed by atoms with E-state index < -0.39 is 26.6 Å². The van der Waals surface area contributed by atoms with E-state index in [9.17, 15) is 18.0 Å². The molecule has 0 fully saturated rings. The van der Waals surface area contributed by atoms with Gasteiger partial charge in [0.15, 0.2) is 5.78 Å². The van der Waals surface area contributed by atoms with E-state index in [1.165, 1.54) is 6.07 Å². The first kappa shape index (κ1) is 15.6. The predicted molar refractivity (Wildman–Crippen MR) is 78.1 cm³/mol.